The van der Waals surface area contributed by atoms with Gasteiger partial charge in [-0.1, -0.05) is 34.1 Å². The summed E-state index contributed by atoms with van der Waals surface area (Å²) in [6, 6.07) is 13.5. The molecule has 0 aliphatic heterocycles. The second-order valence-electron chi connectivity index (χ2n) is 5.87. The molecule has 0 spiro atoms. The Kier molecular flexibility index (Phi) is 6.13. The van der Waals surface area contributed by atoms with Crippen LogP contribution in [-0.4, -0.2) is 37.1 Å². The first-order chi connectivity index (χ1) is 13.0. The lowest BCUT2D eigenvalue weighted by atomic mass is 10.2. The van der Waals surface area contributed by atoms with Gasteiger partial charge < -0.3 is 14.4 Å². The monoisotopic (exact) mass is 446 g/mol. The van der Waals surface area contributed by atoms with E-state index in [9.17, 15) is 4.79 Å². The molecule has 7 heteroatoms. The third-order valence-electron chi connectivity index (χ3n) is 4.04. The summed E-state index contributed by atoms with van der Waals surface area (Å²) >= 11 is 4.82. The van der Waals surface area contributed by atoms with Gasteiger partial charge in [0.25, 0.3) is 5.91 Å². The molecular weight excluding hydrogens is 428 g/mol. The lowest BCUT2D eigenvalue weighted by molar-refractivity contribution is 0.0780. The van der Waals surface area contributed by atoms with Gasteiger partial charge >= 0.3 is 0 Å². The number of hydrogen-bond donors (Lipinski definition) is 0. The number of halogens is 1. The molecule has 140 valence electrons. The van der Waals surface area contributed by atoms with E-state index >= 15 is 0 Å². The van der Waals surface area contributed by atoms with E-state index in [1.165, 1.54) is 11.3 Å². The molecule has 0 unspecified atom stereocenters. The van der Waals surface area contributed by atoms with E-state index in [1.54, 1.807) is 31.5 Å². The fraction of sp³-hybridized carbons (Fsp3) is 0.200. The zero-order chi connectivity index (χ0) is 19.4. The van der Waals surface area contributed by atoms with Crippen LogP contribution in [0.3, 0.4) is 0 Å². The fourth-order valence-corrected chi connectivity index (χ4v) is 3.76. The molecule has 27 heavy (non-hydrogen) atoms. The number of nitrogens with zero attached hydrogens (tertiary/aromatic N) is 2. The van der Waals surface area contributed by atoms with E-state index in [0.29, 0.717) is 28.7 Å². The first-order valence-corrected chi connectivity index (χ1v) is 9.87. The molecule has 0 bridgehead atoms. The molecule has 0 atom stereocenters. The van der Waals surface area contributed by atoms with Gasteiger partial charge in [0.1, 0.15) is 10.7 Å². The van der Waals surface area contributed by atoms with Crippen molar-refractivity contribution in [1.82, 2.24) is 9.88 Å². The summed E-state index contributed by atoms with van der Waals surface area (Å²) in [5.74, 6) is 1.12. The summed E-state index contributed by atoms with van der Waals surface area (Å²) in [5, 5.41) is 2.49. The average molecular weight is 447 g/mol. The highest BCUT2D eigenvalue weighted by Crippen LogP contribution is 2.39. The van der Waals surface area contributed by atoms with Gasteiger partial charge in [0, 0.05) is 23.4 Å². The van der Waals surface area contributed by atoms with Gasteiger partial charge in [0.15, 0.2) is 11.5 Å². The van der Waals surface area contributed by atoms with Gasteiger partial charge in [0.05, 0.1) is 19.8 Å². The number of para-hydroxylation sites is 1. The van der Waals surface area contributed by atoms with Crippen molar-refractivity contribution in [3.8, 4) is 22.1 Å². The van der Waals surface area contributed by atoms with Gasteiger partial charge in [-0.15, -0.1) is 11.3 Å². The van der Waals surface area contributed by atoms with Crippen molar-refractivity contribution in [2.24, 2.45) is 0 Å². The van der Waals surface area contributed by atoms with Crippen LogP contribution in [0.15, 0.2) is 52.3 Å². The van der Waals surface area contributed by atoms with Crippen LogP contribution < -0.4 is 9.47 Å². The quantitative estimate of drug-likeness (QED) is 0.542. The molecule has 1 heterocycles. The number of carbonyl (C=O) groups is 1. The molecule has 0 fully saturated rings. The van der Waals surface area contributed by atoms with Crippen LogP contribution in [-0.2, 0) is 6.54 Å². The van der Waals surface area contributed by atoms with Crippen LogP contribution >= 0.6 is 27.3 Å². The number of hydrogen-bond acceptors (Lipinski definition) is 5. The molecule has 0 saturated heterocycles. The molecule has 1 amide bonds. The van der Waals surface area contributed by atoms with E-state index in [4.69, 9.17) is 9.47 Å². The van der Waals surface area contributed by atoms with Gasteiger partial charge in [-0.25, -0.2) is 4.98 Å². The molecule has 0 aliphatic carbocycles. The minimum atomic E-state index is -0.123. The summed E-state index contributed by atoms with van der Waals surface area (Å²) in [5.41, 5.74) is 2.27. The number of amides is 1. The third kappa shape index (κ3) is 4.31. The molecule has 2 aromatic carbocycles. The van der Waals surface area contributed by atoms with Crippen molar-refractivity contribution in [2.75, 3.05) is 21.3 Å². The lowest BCUT2D eigenvalue weighted by Crippen LogP contribution is -2.26. The summed E-state index contributed by atoms with van der Waals surface area (Å²) in [6.45, 7) is 0.515. The molecule has 3 aromatic rings. The molecule has 0 saturated carbocycles. The number of methoxy groups -OCH3 is 2. The topological polar surface area (TPSA) is 51.7 Å². The van der Waals surface area contributed by atoms with E-state index < -0.39 is 0 Å². The van der Waals surface area contributed by atoms with E-state index in [0.717, 1.165) is 15.6 Å². The average Bonchev–Trinajstić information content (AvgIpc) is 3.18. The Labute approximate surface area is 170 Å². The third-order valence-corrected chi connectivity index (χ3v) is 5.44. The number of aromatic nitrogens is 1. The molecule has 0 N–H and O–H groups in total. The van der Waals surface area contributed by atoms with Crippen LogP contribution in [0, 0.1) is 0 Å². The van der Waals surface area contributed by atoms with Gasteiger partial charge in [-0.05, 0) is 29.8 Å². The normalized spacial score (nSPS) is 10.5. The number of benzene rings is 2. The summed E-state index contributed by atoms with van der Waals surface area (Å²) in [4.78, 5) is 18.9. The highest BCUT2D eigenvalue weighted by Gasteiger charge is 2.19. The van der Waals surface area contributed by atoms with Crippen LogP contribution in [0.1, 0.15) is 16.1 Å². The largest absolute Gasteiger partial charge is 0.493 e. The fourth-order valence-electron chi connectivity index (χ4n) is 2.68. The SMILES string of the molecule is COc1cccc(-c2nc(C(=O)N(C)Cc3ccc(Br)cc3)cs2)c1OC. The van der Waals surface area contributed by atoms with Crippen LogP contribution in [0.25, 0.3) is 10.6 Å². The van der Waals surface area contributed by atoms with Crippen molar-refractivity contribution < 1.29 is 14.3 Å². The Morgan fingerprint density at radius 1 is 1.15 bits per heavy atom. The standard InChI is InChI=1S/C20H19BrN2O3S/c1-23(11-13-7-9-14(21)10-8-13)20(24)16-12-27-19(22-16)15-5-4-6-17(25-2)18(15)26-3/h4-10,12H,11H2,1-3H3. The Morgan fingerprint density at radius 2 is 1.89 bits per heavy atom. The molecule has 0 radical (unpaired) electrons. The van der Waals surface area contributed by atoms with Gasteiger partial charge in [-0.3, -0.25) is 4.79 Å². The summed E-state index contributed by atoms with van der Waals surface area (Å²) in [6.07, 6.45) is 0. The van der Waals surface area contributed by atoms with E-state index in [-0.39, 0.29) is 5.91 Å². The maximum Gasteiger partial charge on any atom is 0.273 e. The summed E-state index contributed by atoms with van der Waals surface area (Å²) < 4.78 is 11.8. The van der Waals surface area contributed by atoms with E-state index in [1.807, 2.05) is 42.5 Å². The van der Waals surface area contributed by atoms with E-state index in [2.05, 4.69) is 20.9 Å². The molecule has 5 nitrogen and oxygen atoms in total. The summed E-state index contributed by atoms with van der Waals surface area (Å²) in [7, 11) is 4.96. The van der Waals surface area contributed by atoms with Crippen molar-refractivity contribution in [1.29, 1.82) is 0 Å². The minimum absolute atomic E-state index is 0.123. The van der Waals surface area contributed by atoms with Crippen LogP contribution in [0.4, 0.5) is 0 Å². The van der Waals surface area contributed by atoms with Crippen molar-refractivity contribution >= 4 is 33.2 Å². The maximum absolute atomic E-state index is 12.7. The van der Waals surface area contributed by atoms with Crippen molar-refractivity contribution in [2.45, 2.75) is 6.54 Å². The minimum Gasteiger partial charge on any atom is -0.493 e. The maximum atomic E-state index is 12.7. The first kappa shape index (κ1) is 19.4. The van der Waals surface area contributed by atoms with Gasteiger partial charge in [-0.2, -0.15) is 0 Å². The second kappa shape index (κ2) is 8.54. The van der Waals surface area contributed by atoms with Crippen molar-refractivity contribution in [3.05, 3.63) is 63.6 Å². The Morgan fingerprint density at radius 3 is 2.56 bits per heavy atom. The molecular formula is C20H19BrN2O3S. The zero-order valence-corrected chi connectivity index (χ0v) is 17.6. The smallest absolute Gasteiger partial charge is 0.273 e. The van der Waals surface area contributed by atoms with Crippen molar-refractivity contribution in [3.63, 3.8) is 0 Å². The predicted octanol–water partition coefficient (Wildman–Crippen LogP) is 4.86. The first-order valence-electron chi connectivity index (χ1n) is 8.20. The molecule has 3 rings (SSSR count). The number of ether oxygens (including phenoxy) is 2. The highest BCUT2D eigenvalue weighted by atomic mass is 79.9. The number of thiazole rings is 1. The molecule has 1 aromatic heterocycles. The predicted molar refractivity (Wildman–Crippen MR) is 111 cm³/mol. The zero-order valence-electron chi connectivity index (χ0n) is 15.2. The molecule has 0 aliphatic rings. The highest BCUT2D eigenvalue weighted by molar-refractivity contribution is 9.10. The Hall–Kier alpha value is -2.38. The van der Waals surface area contributed by atoms with Crippen LogP contribution in [0.2, 0.25) is 0 Å². The Bertz CT molecular complexity index is 941. The van der Waals surface area contributed by atoms with Gasteiger partial charge in [0.2, 0.25) is 0 Å². The number of carbonyl (C=O) groups excluding carboxylic acids is 1. The Balaban J connectivity index is 1.81. The number of rotatable bonds is 6. The second-order valence-corrected chi connectivity index (χ2v) is 7.64. The van der Waals surface area contributed by atoms with Crippen LogP contribution in [0.5, 0.6) is 11.5 Å². The lowest BCUT2D eigenvalue weighted by Gasteiger charge is -2.16.